The van der Waals surface area contributed by atoms with Crippen molar-refractivity contribution < 1.29 is 28.7 Å². The number of ether oxygens (including phenoxy) is 1. The number of esters is 1. The second-order valence-corrected chi connectivity index (χ2v) is 8.93. The molecule has 0 saturated carbocycles. The van der Waals surface area contributed by atoms with Crippen molar-refractivity contribution in [1.29, 1.82) is 0 Å². The van der Waals surface area contributed by atoms with Crippen LogP contribution in [-0.2, 0) is 23.9 Å². The number of hydrogen-bond donors (Lipinski definition) is 2. The van der Waals surface area contributed by atoms with E-state index in [0.717, 1.165) is 16.1 Å². The van der Waals surface area contributed by atoms with Crippen LogP contribution in [0.1, 0.15) is 40.7 Å². The number of amides is 3. The maximum atomic E-state index is 13.3. The van der Waals surface area contributed by atoms with Crippen molar-refractivity contribution in [3.63, 3.8) is 0 Å². The zero-order valence-corrected chi connectivity index (χ0v) is 20.8. The van der Waals surface area contributed by atoms with Gasteiger partial charge in [0.25, 0.3) is 11.8 Å². The average Bonchev–Trinajstić information content (AvgIpc) is 3.29. The monoisotopic (exact) mass is 513 g/mol. The molecule has 1 fully saturated rings. The number of carbonyl (C=O) groups excluding carboxylic acids is 5. The first-order valence-corrected chi connectivity index (χ1v) is 12.1. The Morgan fingerprint density at radius 2 is 1.47 bits per heavy atom. The first kappa shape index (κ1) is 26.3. The van der Waals surface area contributed by atoms with Crippen molar-refractivity contribution in [3.8, 4) is 0 Å². The highest BCUT2D eigenvalue weighted by atomic mass is 16.5. The van der Waals surface area contributed by atoms with E-state index < -0.39 is 42.1 Å². The van der Waals surface area contributed by atoms with Gasteiger partial charge in [-0.3, -0.25) is 34.4 Å². The molecule has 1 aliphatic heterocycles. The van der Waals surface area contributed by atoms with Gasteiger partial charge in [0.15, 0.2) is 12.4 Å². The Bertz CT molecular complexity index is 1290. The van der Waals surface area contributed by atoms with Crippen LogP contribution >= 0.6 is 0 Å². The largest absolute Gasteiger partial charge is 0.455 e. The summed E-state index contributed by atoms with van der Waals surface area (Å²) >= 11 is 0. The number of rotatable bonds is 9. The molecule has 9 nitrogen and oxygen atoms in total. The van der Waals surface area contributed by atoms with Gasteiger partial charge in [-0.2, -0.15) is 0 Å². The molecule has 1 saturated heterocycles. The zero-order chi connectivity index (χ0) is 27.1. The van der Waals surface area contributed by atoms with E-state index in [9.17, 15) is 24.0 Å². The maximum absolute atomic E-state index is 13.3. The van der Waals surface area contributed by atoms with E-state index in [1.807, 2.05) is 60.7 Å². The number of hydrazine groups is 1. The van der Waals surface area contributed by atoms with Crippen LogP contribution in [0.4, 0.5) is 5.69 Å². The molecular weight excluding hydrogens is 486 g/mol. The molecule has 3 amide bonds. The number of nitrogens with zero attached hydrogens (tertiary/aromatic N) is 1. The molecule has 0 unspecified atom stereocenters. The van der Waals surface area contributed by atoms with Gasteiger partial charge in [-0.25, -0.2) is 0 Å². The van der Waals surface area contributed by atoms with Gasteiger partial charge in [-0.15, -0.1) is 0 Å². The Labute approximate surface area is 219 Å². The molecule has 4 rings (SSSR count). The van der Waals surface area contributed by atoms with Gasteiger partial charge in [-0.1, -0.05) is 60.7 Å². The van der Waals surface area contributed by atoms with Gasteiger partial charge in [0, 0.05) is 17.7 Å². The van der Waals surface area contributed by atoms with Gasteiger partial charge >= 0.3 is 5.97 Å². The maximum Gasteiger partial charge on any atom is 0.311 e. The van der Waals surface area contributed by atoms with Crippen LogP contribution in [0.25, 0.3) is 0 Å². The van der Waals surface area contributed by atoms with Gasteiger partial charge in [-0.05, 0) is 42.3 Å². The van der Waals surface area contributed by atoms with Crippen molar-refractivity contribution in [2.24, 2.45) is 5.92 Å². The lowest BCUT2D eigenvalue weighted by molar-refractivity contribution is -0.151. The predicted octanol–water partition coefficient (Wildman–Crippen LogP) is 3.08. The third-order valence-corrected chi connectivity index (χ3v) is 6.15. The lowest BCUT2D eigenvalue weighted by atomic mass is 9.91. The Balaban J connectivity index is 1.32. The molecule has 1 heterocycles. The lowest BCUT2D eigenvalue weighted by Crippen LogP contribution is -2.45. The normalized spacial score (nSPS) is 14.7. The van der Waals surface area contributed by atoms with Gasteiger partial charge < -0.3 is 10.1 Å². The SMILES string of the molecule is CC(=O)c1ccc(NC(=O)COC(=O)[C@@H]2CC(=O)N(NC(=O)C(c3ccccc3)c3ccccc3)C2)cc1. The molecule has 1 aliphatic rings. The van der Waals surface area contributed by atoms with Crippen LogP contribution < -0.4 is 10.7 Å². The second kappa shape index (κ2) is 12.0. The van der Waals surface area contributed by atoms with E-state index in [-0.39, 0.29) is 18.7 Å². The van der Waals surface area contributed by atoms with Crippen molar-refractivity contribution in [2.75, 3.05) is 18.5 Å². The van der Waals surface area contributed by atoms with Crippen LogP contribution in [0.15, 0.2) is 84.9 Å². The van der Waals surface area contributed by atoms with E-state index in [0.29, 0.717) is 11.3 Å². The molecular formula is C29H27N3O6. The summed E-state index contributed by atoms with van der Waals surface area (Å²) in [5.41, 5.74) is 5.14. The summed E-state index contributed by atoms with van der Waals surface area (Å²) < 4.78 is 5.11. The summed E-state index contributed by atoms with van der Waals surface area (Å²) in [5, 5.41) is 3.71. The highest BCUT2D eigenvalue weighted by Gasteiger charge is 2.37. The van der Waals surface area contributed by atoms with E-state index in [1.165, 1.54) is 6.92 Å². The number of hydrogen-bond acceptors (Lipinski definition) is 6. The van der Waals surface area contributed by atoms with Crippen LogP contribution in [0.5, 0.6) is 0 Å². The molecule has 0 radical (unpaired) electrons. The summed E-state index contributed by atoms with van der Waals surface area (Å²) in [5.74, 6) is -3.66. The van der Waals surface area contributed by atoms with Crippen molar-refractivity contribution in [1.82, 2.24) is 10.4 Å². The molecule has 1 atom stereocenters. The quantitative estimate of drug-likeness (QED) is 0.335. The third-order valence-electron chi connectivity index (χ3n) is 6.15. The molecule has 0 aliphatic carbocycles. The molecule has 194 valence electrons. The van der Waals surface area contributed by atoms with Crippen molar-refractivity contribution in [3.05, 3.63) is 102 Å². The molecule has 38 heavy (non-hydrogen) atoms. The summed E-state index contributed by atoms with van der Waals surface area (Å²) in [7, 11) is 0. The van der Waals surface area contributed by atoms with Crippen LogP contribution in [-0.4, -0.2) is 47.6 Å². The van der Waals surface area contributed by atoms with E-state index in [1.54, 1.807) is 24.3 Å². The smallest absolute Gasteiger partial charge is 0.311 e. The first-order valence-electron chi connectivity index (χ1n) is 12.1. The molecule has 3 aromatic rings. The predicted molar refractivity (Wildman–Crippen MR) is 139 cm³/mol. The van der Waals surface area contributed by atoms with Gasteiger partial charge in [0.1, 0.15) is 0 Å². The Hall–Kier alpha value is -4.79. The molecule has 3 aromatic carbocycles. The number of nitrogens with one attached hydrogen (secondary N) is 2. The van der Waals surface area contributed by atoms with E-state index >= 15 is 0 Å². The molecule has 0 bridgehead atoms. The fourth-order valence-corrected chi connectivity index (χ4v) is 4.20. The lowest BCUT2D eigenvalue weighted by Gasteiger charge is -2.23. The first-order chi connectivity index (χ1) is 18.3. The third kappa shape index (κ3) is 6.50. The molecule has 0 spiro atoms. The van der Waals surface area contributed by atoms with E-state index in [2.05, 4.69) is 10.7 Å². The Kier molecular flexibility index (Phi) is 8.27. The molecule has 2 N–H and O–H groups in total. The summed E-state index contributed by atoms with van der Waals surface area (Å²) in [4.78, 5) is 61.9. The Morgan fingerprint density at radius 1 is 0.895 bits per heavy atom. The van der Waals surface area contributed by atoms with Crippen molar-refractivity contribution >= 4 is 35.2 Å². The number of benzene rings is 3. The second-order valence-electron chi connectivity index (χ2n) is 8.93. The number of anilines is 1. The highest BCUT2D eigenvalue weighted by Crippen LogP contribution is 2.26. The topological polar surface area (TPSA) is 122 Å². The summed E-state index contributed by atoms with van der Waals surface area (Å²) in [6, 6.07) is 24.7. The molecule has 9 heteroatoms. The molecule has 0 aromatic heterocycles. The van der Waals surface area contributed by atoms with Crippen LogP contribution in [0.2, 0.25) is 0 Å². The van der Waals surface area contributed by atoms with Crippen LogP contribution in [0.3, 0.4) is 0 Å². The fraction of sp³-hybridized carbons (Fsp3) is 0.207. The van der Waals surface area contributed by atoms with Crippen LogP contribution in [0, 0.1) is 5.92 Å². The van der Waals surface area contributed by atoms with Crippen molar-refractivity contribution in [2.45, 2.75) is 19.3 Å². The van der Waals surface area contributed by atoms with Gasteiger partial charge in [0.2, 0.25) is 5.91 Å². The summed E-state index contributed by atoms with van der Waals surface area (Å²) in [6.07, 6.45) is -0.144. The highest BCUT2D eigenvalue weighted by molar-refractivity contribution is 5.96. The summed E-state index contributed by atoms with van der Waals surface area (Å²) in [6.45, 7) is 0.848. The number of ketones is 1. The minimum Gasteiger partial charge on any atom is -0.455 e. The fourth-order valence-electron chi connectivity index (χ4n) is 4.20. The zero-order valence-electron chi connectivity index (χ0n) is 20.8. The van der Waals surface area contributed by atoms with Gasteiger partial charge in [0.05, 0.1) is 18.4 Å². The average molecular weight is 514 g/mol. The Morgan fingerprint density at radius 3 is 2.03 bits per heavy atom. The minimum absolute atomic E-state index is 0.0617. The van der Waals surface area contributed by atoms with E-state index in [4.69, 9.17) is 4.74 Å². The number of carbonyl (C=O) groups is 5. The number of Topliss-reactive ketones (excluding diaryl/α,β-unsaturated/α-hetero) is 1. The standard InChI is InChI=1S/C29H27N3O6/c1-19(33)20-12-14-24(15-13-20)30-25(34)18-38-29(37)23-16-26(35)32(17-23)31-28(36)27(21-8-4-2-5-9-21)22-10-6-3-7-11-22/h2-15,23,27H,16-18H2,1H3,(H,30,34)(H,31,36)/t23-/m1/s1. The minimum atomic E-state index is -0.822.